The molecule has 1 saturated carbocycles. The van der Waals surface area contributed by atoms with E-state index in [9.17, 15) is 31.5 Å². The zero-order chi connectivity index (χ0) is 36.6. The van der Waals surface area contributed by atoms with Gasteiger partial charge in [-0.3, -0.25) is 0 Å². The number of hydrogen-bond donors (Lipinski definition) is 2. The maximum atomic E-state index is 14.4. The largest absolute Gasteiger partial charge is 0.478 e. The number of aliphatic carboxylic acids is 1. The van der Waals surface area contributed by atoms with E-state index in [2.05, 4.69) is 29.2 Å². The molecular weight excluding hydrogens is 709 g/mol. The van der Waals surface area contributed by atoms with Crippen molar-refractivity contribution in [3.8, 4) is 5.88 Å². The molecule has 4 heterocycles. The zero-order valence-corrected chi connectivity index (χ0v) is 29.8. The van der Waals surface area contributed by atoms with E-state index in [0.717, 1.165) is 36.2 Å². The lowest BCUT2D eigenvalue weighted by molar-refractivity contribution is -0.190. The van der Waals surface area contributed by atoms with Crippen molar-refractivity contribution in [2.45, 2.75) is 74.6 Å². The third kappa shape index (κ3) is 7.90. The number of pyridine rings is 1. The van der Waals surface area contributed by atoms with Crippen LogP contribution >= 0.6 is 11.6 Å². The Kier molecular flexibility index (Phi) is 10.2. The van der Waals surface area contributed by atoms with Crippen LogP contribution in [0.15, 0.2) is 83.5 Å². The lowest BCUT2D eigenvalue weighted by Gasteiger charge is -2.33. The van der Waals surface area contributed by atoms with Crippen molar-refractivity contribution in [2.24, 2.45) is 11.3 Å². The topological polar surface area (TPSA) is 130 Å². The number of halogens is 4. The summed E-state index contributed by atoms with van der Waals surface area (Å²) in [6.07, 6.45) is 2.13. The van der Waals surface area contributed by atoms with Crippen LogP contribution in [0.5, 0.6) is 5.88 Å². The van der Waals surface area contributed by atoms with Crippen LogP contribution in [-0.4, -0.2) is 75.5 Å². The van der Waals surface area contributed by atoms with Crippen molar-refractivity contribution < 1.29 is 36.2 Å². The van der Waals surface area contributed by atoms with Crippen LogP contribution in [0, 0.1) is 11.3 Å². The van der Waals surface area contributed by atoms with Gasteiger partial charge in [0, 0.05) is 30.0 Å². The molecule has 2 aromatic heterocycles. The van der Waals surface area contributed by atoms with Gasteiger partial charge in [-0.25, -0.2) is 18.8 Å². The predicted molar refractivity (Wildman–Crippen MR) is 186 cm³/mol. The average molecular weight is 749 g/mol. The molecule has 0 radical (unpaired) electrons. The molecule has 0 spiro atoms. The molecule has 16 heteroatoms. The number of alkyl halides is 4. The fourth-order valence-electron chi connectivity index (χ4n) is 6.66. The maximum absolute atomic E-state index is 14.4. The SMILES string of the molecule is CC1(C)C[C@H](CCCN(c2ccccc2)c2cccc(S(=O)(=O)N3C(n4ccc(OCCC5(C(F)(F)F)CC5)n4)=CC=C(C(=O)O)C3Cl)n2)CN1. The number of carbonyl (C=O) groups is 1. The maximum Gasteiger partial charge on any atom is 0.394 e. The second kappa shape index (κ2) is 14.2. The van der Waals surface area contributed by atoms with Gasteiger partial charge in [-0.05, 0) is 101 Å². The number of para-hydroxylation sites is 1. The van der Waals surface area contributed by atoms with Crippen molar-refractivity contribution in [3.05, 3.63) is 78.5 Å². The first kappa shape index (κ1) is 36.7. The third-order valence-electron chi connectivity index (χ3n) is 9.67. The fourth-order valence-corrected chi connectivity index (χ4v) is 8.65. The Morgan fingerprint density at radius 2 is 1.86 bits per heavy atom. The van der Waals surface area contributed by atoms with E-state index in [-0.39, 0.29) is 48.1 Å². The van der Waals surface area contributed by atoms with Crippen molar-refractivity contribution >= 4 is 44.9 Å². The van der Waals surface area contributed by atoms with Crippen LogP contribution < -0.4 is 15.0 Å². The molecule has 6 rings (SSSR count). The van der Waals surface area contributed by atoms with Gasteiger partial charge in [0.15, 0.2) is 10.5 Å². The molecule has 1 saturated heterocycles. The van der Waals surface area contributed by atoms with Crippen LogP contribution in [0.25, 0.3) is 5.82 Å². The zero-order valence-electron chi connectivity index (χ0n) is 28.2. The number of ether oxygens (including phenoxy) is 1. The molecular formula is C35H40ClF3N6O5S. The highest BCUT2D eigenvalue weighted by Crippen LogP contribution is 2.59. The number of hydrogen-bond acceptors (Lipinski definition) is 8. The smallest absolute Gasteiger partial charge is 0.394 e. The van der Waals surface area contributed by atoms with Crippen molar-refractivity contribution in [1.29, 1.82) is 0 Å². The quantitative estimate of drug-likeness (QED) is 0.136. The van der Waals surface area contributed by atoms with Crippen molar-refractivity contribution in [3.63, 3.8) is 0 Å². The van der Waals surface area contributed by atoms with Gasteiger partial charge in [-0.1, -0.05) is 35.9 Å². The molecule has 0 bridgehead atoms. The highest BCUT2D eigenvalue weighted by molar-refractivity contribution is 7.89. The number of nitrogens with one attached hydrogen (secondary N) is 1. The van der Waals surface area contributed by atoms with Crippen LogP contribution in [0.3, 0.4) is 0 Å². The molecule has 1 aromatic carbocycles. The highest BCUT2D eigenvalue weighted by Gasteiger charge is 2.62. The normalized spacial score (nSPS) is 21.2. The Morgan fingerprint density at radius 3 is 2.51 bits per heavy atom. The Balaban J connectivity index is 1.26. The fraction of sp³-hybridized carbons (Fsp3) is 0.457. The van der Waals surface area contributed by atoms with Gasteiger partial charge >= 0.3 is 12.1 Å². The van der Waals surface area contributed by atoms with Gasteiger partial charge in [-0.15, -0.1) is 5.10 Å². The van der Waals surface area contributed by atoms with Gasteiger partial charge in [0.1, 0.15) is 11.6 Å². The monoisotopic (exact) mass is 748 g/mol. The minimum absolute atomic E-state index is 0.0401. The first-order valence-corrected chi connectivity index (χ1v) is 18.6. The van der Waals surface area contributed by atoms with Crippen LogP contribution in [0.1, 0.15) is 52.4 Å². The van der Waals surface area contributed by atoms with E-state index < -0.39 is 38.7 Å². The predicted octanol–water partition coefficient (Wildman–Crippen LogP) is 6.77. The summed E-state index contributed by atoms with van der Waals surface area (Å²) in [5.74, 6) is -0.713. The Morgan fingerprint density at radius 1 is 1.12 bits per heavy atom. The molecule has 2 atom stereocenters. The van der Waals surface area contributed by atoms with Gasteiger partial charge in [0.05, 0.1) is 17.6 Å². The molecule has 2 aliphatic heterocycles. The summed E-state index contributed by atoms with van der Waals surface area (Å²) < 4.78 is 76.3. The summed E-state index contributed by atoms with van der Waals surface area (Å²) in [6, 6.07) is 15.4. The number of carboxylic acid groups (broad SMARTS) is 1. The Hall–Kier alpha value is -4.08. The molecule has 51 heavy (non-hydrogen) atoms. The molecule has 3 aromatic rings. The standard InChI is InChI=1S/C35H40ClF3N6O5S/c1-33(2)22-24(23-40-33)8-7-19-43(25-9-4-3-5-10-25)27-11-6-12-29(41-27)51(48,49)45-30(14-13-26(31(45)36)32(46)47)44-20-15-28(42-44)50-21-18-34(16-17-34)35(37,38)39/h3-6,9-15,20,24,31,40H,7-8,16-19,21-23H2,1-2H3,(H,46,47)/t24-,31?/m0/s1. The van der Waals surface area contributed by atoms with E-state index in [1.54, 1.807) is 12.1 Å². The van der Waals surface area contributed by atoms with Crippen molar-refractivity contribution in [1.82, 2.24) is 24.4 Å². The minimum Gasteiger partial charge on any atom is -0.478 e. The summed E-state index contributed by atoms with van der Waals surface area (Å²) in [4.78, 5) is 18.6. The molecule has 1 aliphatic carbocycles. The van der Waals surface area contributed by atoms with Crippen LogP contribution in [0.4, 0.5) is 24.7 Å². The second-order valence-electron chi connectivity index (χ2n) is 13.9. The van der Waals surface area contributed by atoms with E-state index in [0.29, 0.717) is 22.6 Å². The van der Waals surface area contributed by atoms with Crippen molar-refractivity contribution in [2.75, 3.05) is 24.6 Å². The summed E-state index contributed by atoms with van der Waals surface area (Å²) >= 11 is 6.60. The average Bonchev–Trinajstić information content (AvgIpc) is 3.61. The Labute approximate surface area is 299 Å². The number of anilines is 2. The van der Waals surface area contributed by atoms with Gasteiger partial charge in [0.2, 0.25) is 5.88 Å². The van der Waals surface area contributed by atoms with E-state index >= 15 is 0 Å². The summed E-state index contributed by atoms with van der Waals surface area (Å²) in [6.45, 7) is 5.63. The number of nitrogens with zero attached hydrogens (tertiary/aromatic N) is 5. The number of aromatic nitrogens is 3. The number of sulfonamides is 1. The lowest BCUT2D eigenvalue weighted by Crippen LogP contribution is -2.42. The molecule has 11 nitrogen and oxygen atoms in total. The van der Waals surface area contributed by atoms with E-state index in [4.69, 9.17) is 16.3 Å². The minimum atomic E-state index is -4.64. The lowest BCUT2D eigenvalue weighted by atomic mass is 9.93. The Bertz CT molecular complexity index is 1910. The molecule has 2 N–H and O–H groups in total. The molecule has 1 unspecified atom stereocenters. The van der Waals surface area contributed by atoms with E-state index in [1.807, 2.05) is 35.2 Å². The summed E-state index contributed by atoms with van der Waals surface area (Å²) in [5, 5.41) is 17.2. The molecule has 274 valence electrons. The van der Waals surface area contributed by atoms with Gasteiger partial charge in [0.25, 0.3) is 10.0 Å². The second-order valence-corrected chi connectivity index (χ2v) is 16.0. The van der Waals surface area contributed by atoms with Gasteiger partial charge in [-0.2, -0.15) is 21.6 Å². The summed E-state index contributed by atoms with van der Waals surface area (Å²) in [5.41, 5.74) is -2.93. The third-order valence-corrected chi connectivity index (χ3v) is 11.9. The van der Waals surface area contributed by atoms with E-state index in [1.165, 1.54) is 30.5 Å². The van der Waals surface area contributed by atoms with Crippen LogP contribution in [0.2, 0.25) is 0 Å². The highest BCUT2D eigenvalue weighted by atomic mass is 35.5. The first-order valence-electron chi connectivity index (χ1n) is 16.7. The molecule has 3 aliphatic rings. The number of benzene rings is 1. The van der Waals surface area contributed by atoms with Gasteiger partial charge < -0.3 is 20.1 Å². The number of rotatable bonds is 14. The number of allylic oxidation sites excluding steroid dienone is 2. The summed E-state index contributed by atoms with van der Waals surface area (Å²) in [7, 11) is -4.64. The molecule has 2 fully saturated rings. The number of carboxylic acids is 1. The van der Waals surface area contributed by atoms with Crippen LogP contribution in [-0.2, 0) is 14.8 Å². The first-order chi connectivity index (χ1) is 24.1. The molecule has 0 amide bonds.